The molecule has 1 unspecified atom stereocenters. The number of aliphatic hydroxyl groups is 1. The first-order chi connectivity index (χ1) is 11.7. The van der Waals surface area contributed by atoms with E-state index in [-0.39, 0.29) is 18.7 Å². The van der Waals surface area contributed by atoms with Gasteiger partial charge in [0.2, 0.25) is 12.7 Å². The van der Waals surface area contributed by atoms with Crippen LogP contribution >= 0.6 is 0 Å². The van der Waals surface area contributed by atoms with E-state index in [0.29, 0.717) is 17.1 Å². The van der Waals surface area contributed by atoms with Crippen molar-refractivity contribution >= 4 is 11.8 Å². The number of ether oxygens (including phenoxy) is 2. The van der Waals surface area contributed by atoms with Crippen molar-refractivity contribution in [3.8, 4) is 11.5 Å². The van der Waals surface area contributed by atoms with Gasteiger partial charge in [-0.3, -0.25) is 9.59 Å². The van der Waals surface area contributed by atoms with Crippen molar-refractivity contribution < 1.29 is 24.2 Å². The van der Waals surface area contributed by atoms with E-state index in [1.54, 1.807) is 18.2 Å². The Morgan fingerprint density at radius 2 is 1.92 bits per heavy atom. The molecule has 1 aromatic carbocycles. The van der Waals surface area contributed by atoms with E-state index in [1.165, 1.54) is 6.42 Å². The van der Waals surface area contributed by atoms with Crippen LogP contribution in [0.4, 0.5) is 0 Å². The minimum Gasteiger partial charge on any atom is -0.454 e. The summed E-state index contributed by atoms with van der Waals surface area (Å²) < 4.78 is 10.4. The van der Waals surface area contributed by atoms with Gasteiger partial charge in [0.1, 0.15) is 6.04 Å². The van der Waals surface area contributed by atoms with Gasteiger partial charge in [0.05, 0.1) is 6.61 Å². The normalized spacial score (nSPS) is 18.0. The molecule has 7 heteroatoms. The highest BCUT2D eigenvalue weighted by atomic mass is 16.7. The molecule has 0 aromatic heterocycles. The monoisotopic (exact) mass is 334 g/mol. The molecule has 1 saturated carbocycles. The van der Waals surface area contributed by atoms with Crippen molar-refractivity contribution in [1.29, 1.82) is 0 Å². The average molecular weight is 334 g/mol. The number of nitrogens with one attached hydrogen (secondary N) is 2. The van der Waals surface area contributed by atoms with Crippen LogP contribution in [-0.2, 0) is 4.79 Å². The molecule has 1 heterocycles. The number of carbonyl (C=O) groups is 2. The quantitative estimate of drug-likeness (QED) is 0.745. The molecular weight excluding hydrogens is 312 g/mol. The van der Waals surface area contributed by atoms with Crippen LogP contribution in [0.2, 0.25) is 0 Å². The zero-order valence-electron chi connectivity index (χ0n) is 13.4. The molecule has 3 rings (SSSR count). The van der Waals surface area contributed by atoms with Gasteiger partial charge in [0, 0.05) is 11.6 Å². The van der Waals surface area contributed by atoms with Gasteiger partial charge < -0.3 is 25.2 Å². The van der Waals surface area contributed by atoms with E-state index in [9.17, 15) is 14.7 Å². The predicted octanol–water partition coefficient (Wildman–Crippen LogP) is 0.955. The number of aliphatic hydroxyl groups excluding tert-OH is 1. The number of carbonyl (C=O) groups excluding carboxylic acids is 2. The molecule has 1 atom stereocenters. The Labute approximate surface area is 140 Å². The molecule has 0 saturated heterocycles. The second-order valence-corrected chi connectivity index (χ2v) is 6.12. The zero-order chi connectivity index (χ0) is 16.9. The van der Waals surface area contributed by atoms with Crippen molar-refractivity contribution in [1.82, 2.24) is 10.6 Å². The first-order valence-electron chi connectivity index (χ1n) is 8.29. The maximum absolute atomic E-state index is 12.3. The topological polar surface area (TPSA) is 96.9 Å². The van der Waals surface area contributed by atoms with Crippen LogP contribution in [0.1, 0.15) is 42.5 Å². The Morgan fingerprint density at radius 3 is 2.67 bits per heavy atom. The van der Waals surface area contributed by atoms with Gasteiger partial charge in [0.15, 0.2) is 11.5 Å². The predicted molar refractivity (Wildman–Crippen MR) is 85.9 cm³/mol. The summed E-state index contributed by atoms with van der Waals surface area (Å²) in [4.78, 5) is 24.6. The standard InChI is InChI=1S/C17H22N2O5/c20-9-13(17(22)18-12-4-2-1-3-5-12)19-16(21)11-6-7-14-15(8-11)24-10-23-14/h6-8,12-13,20H,1-5,9-10H2,(H,18,22)(H,19,21). The van der Waals surface area contributed by atoms with Crippen LogP contribution in [0.25, 0.3) is 0 Å². The van der Waals surface area contributed by atoms with E-state index in [2.05, 4.69) is 10.6 Å². The van der Waals surface area contributed by atoms with Gasteiger partial charge >= 0.3 is 0 Å². The highest BCUT2D eigenvalue weighted by Gasteiger charge is 2.25. The second-order valence-electron chi connectivity index (χ2n) is 6.12. The van der Waals surface area contributed by atoms with Gasteiger partial charge in [-0.2, -0.15) is 0 Å². The Bertz CT molecular complexity index is 613. The molecule has 7 nitrogen and oxygen atoms in total. The van der Waals surface area contributed by atoms with Crippen LogP contribution < -0.4 is 20.1 Å². The molecule has 1 aliphatic heterocycles. The highest BCUT2D eigenvalue weighted by Crippen LogP contribution is 2.32. The smallest absolute Gasteiger partial charge is 0.252 e. The third-order valence-corrected chi connectivity index (χ3v) is 4.39. The number of amides is 2. The molecule has 1 aliphatic carbocycles. The second kappa shape index (κ2) is 7.53. The van der Waals surface area contributed by atoms with E-state index in [1.807, 2.05) is 0 Å². The Balaban J connectivity index is 1.59. The van der Waals surface area contributed by atoms with Crippen molar-refractivity contribution in [2.75, 3.05) is 13.4 Å². The average Bonchev–Trinajstić information content (AvgIpc) is 3.07. The number of fused-ring (bicyclic) bond motifs is 1. The minimum absolute atomic E-state index is 0.128. The molecule has 24 heavy (non-hydrogen) atoms. The van der Waals surface area contributed by atoms with Crippen LogP contribution in [0.5, 0.6) is 11.5 Å². The fraction of sp³-hybridized carbons (Fsp3) is 0.529. The number of benzene rings is 1. The van der Waals surface area contributed by atoms with Gasteiger partial charge in [-0.25, -0.2) is 0 Å². The fourth-order valence-corrected chi connectivity index (χ4v) is 3.02. The largest absolute Gasteiger partial charge is 0.454 e. The fourth-order valence-electron chi connectivity index (χ4n) is 3.02. The lowest BCUT2D eigenvalue weighted by molar-refractivity contribution is -0.124. The lowest BCUT2D eigenvalue weighted by Crippen LogP contribution is -2.51. The summed E-state index contributed by atoms with van der Waals surface area (Å²) in [5, 5.41) is 14.9. The van der Waals surface area contributed by atoms with Gasteiger partial charge in [-0.05, 0) is 31.0 Å². The first kappa shape index (κ1) is 16.6. The molecule has 0 radical (unpaired) electrons. The molecular formula is C17H22N2O5. The van der Waals surface area contributed by atoms with Crippen LogP contribution in [0.3, 0.4) is 0 Å². The Kier molecular flexibility index (Phi) is 5.20. The van der Waals surface area contributed by atoms with Crippen molar-refractivity contribution in [3.05, 3.63) is 23.8 Å². The van der Waals surface area contributed by atoms with Crippen LogP contribution in [-0.4, -0.2) is 42.4 Å². The summed E-state index contributed by atoms with van der Waals surface area (Å²) in [6.07, 6.45) is 5.27. The summed E-state index contributed by atoms with van der Waals surface area (Å²) in [7, 11) is 0. The summed E-state index contributed by atoms with van der Waals surface area (Å²) in [5.74, 6) is 0.291. The summed E-state index contributed by atoms with van der Waals surface area (Å²) in [6.45, 7) is -0.321. The van der Waals surface area contributed by atoms with Crippen molar-refractivity contribution in [3.63, 3.8) is 0 Å². The summed E-state index contributed by atoms with van der Waals surface area (Å²) in [5.41, 5.74) is 0.350. The lowest BCUT2D eigenvalue weighted by atomic mass is 9.95. The molecule has 3 N–H and O–H groups in total. The SMILES string of the molecule is O=C(NC(CO)C(=O)NC1CCCCC1)c1ccc2c(c1)OCO2. The molecule has 0 spiro atoms. The molecule has 1 aromatic rings. The minimum atomic E-state index is -0.968. The lowest BCUT2D eigenvalue weighted by Gasteiger charge is -2.25. The van der Waals surface area contributed by atoms with E-state index >= 15 is 0 Å². The number of hydrogen-bond donors (Lipinski definition) is 3. The zero-order valence-corrected chi connectivity index (χ0v) is 13.4. The van der Waals surface area contributed by atoms with Crippen molar-refractivity contribution in [2.45, 2.75) is 44.2 Å². The van der Waals surface area contributed by atoms with E-state index in [4.69, 9.17) is 9.47 Å². The van der Waals surface area contributed by atoms with Gasteiger partial charge in [0.25, 0.3) is 5.91 Å². The Hall–Kier alpha value is -2.28. The van der Waals surface area contributed by atoms with Crippen LogP contribution in [0, 0.1) is 0 Å². The molecule has 0 bridgehead atoms. The third-order valence-electron chi connectivity index (χ3n) is 4.39. The summed E-state index contributed by atoms with van der Waals surface area (Å²) >= 11 is 0. The van der Waals surface area contributed by atoms with Gasteiger partial charge in [-0.1, -0.05) is 19.3 Å². The highest BCUT2D eigenvalue weighted by molar-refractivity contribution is 5.98. The maximum atomic E-state index is 12.3. The third kappa shape index (κ3) is 3.79. The van der Waals surface area contributed by atoms with Crippen molar-refractivity contribution in [2.24, 2.45) is 0 Å². The maximum Gasteiger partial charge on any atom is 0.252 e. The first-order valence-corrected chi connectivity index (χ1v) is 8.29. The molecule has 1 fully saturated rings. The number of rotatable bonds is 5. The molecule has 130 valence electrons. The van der Waals surface area contributed by atoms with E-state index in [0.717, 1.165) is 25.7 Å². The van der Waals surface area contributed by atoms with Gasteiger partial charge in [-0.15, -0.1) is 0 Å². The van der Waals surface area contributed by atoms with Crippen LogP contribution in [0.15, 0.2) is 18.2 Å². The molecule has 2 aliphatic rings. The van der Waals surface area contributed by atoms with E-state index < -0.39 is 18.6 Å². The Morgan fingerprint density at radius 1 is 1.17 bits per heavy atom. The summed E-state index contributed by atoms with van der Waals surface area (Å²) in [6, 6.07) is 3.96. The molecule has 2 amide bonds. The number of hydrogen-bond acceptors (Lipinski definition) is 5.